The maximum Gasteiger partial charge on any atom is 0.270 e. The van der Waals surface area contributed by atoms with E-state index in [4.69, 9.17) is 0 Å². The fourth-order valence-electron chi connectivity index (χ4n) is 2.06. The Labute approximate surface area is 95.5 Å². The van der Waals surface area contributed by atoms with Crippen LogP contribution < -0.4 is 0 Å². The third-order valence-corrected chi connectivity index (χ3v) is 3.34. The molecule has 1 fully saturated rings. The second-order valence-electron chi connectivity index (χ2n) is 4.44. The van der Waals surface area contributed by atoms with Gasteiger partial charge in [0.25, 0.3) is 5.91 Å². The molecule has 1 amide bonds. The van der Waals surface area contributed by atoms with Crippen LogP contribution in [0, 0.1) is 6.92 Å². The zero-order valence-corrected chi connectivity index (χ0v) is 9.81. The van der Waals surface area contributed by atoms with E-state index in [1.165, 1.54) is 0 Å². The standard InChI is InChI=1S/C12H18N2O2/c1-9-3-4-11(13(9)2)12(16)14-7-5-10(15)6-8-14/h3-4,10,15H,5-8H2,1-2H3. The molecule has 0 atom stereocenters. The largest absolute Gasteiger partial charge is 0.393 e. The van der Waals surface area contributed by atoms with Gasteiger partial charge in [-0.2, -0.15) is 0 Å². The normalized spacial score (nSPS) is 17.8. The molecule has 0 aliphatic carbocycles. The Morgan fingerprint density at radius 3 is 2.50 bits per heavy atom. The van der Waals surface area contributed by atoms with Crippen LogP contribution in [-0.4, -0.2) is 39.7 Å². The fraction of sp³-hybridized carbons (Fsp3) is 0.583. The smallest absolute Gasteiger partial charge is 0.270 e. The molecule has 0 saturated carbocycles. The summed E-state index contributed by atoms with van der Waals surface area (Å²) in [4.78, 5) is 14.0. The number of aryl methyl sites for hydroxylation is 1. The lowest BCUT2D eigenvalue weighted by Gasteiger charge is -2.29. The second-order valence-corrected chi connectivity index (χ2v) is 4.44. The first-order valence-electron chi connectivity index (χ1n) is 5.69. The minimum Gasteiger partial charge on any atom is -0.393 e. The van der Waals surface area contributed by atoms with Crippen LogP contribution in [0.4, 0.5) is 0 Å². The quantitative estimate of drug-likeness (QED) is 0.768. The summed E-state index contributed by atoms with van der Waals surface area (Å²) in [6.07, 6.45) is 1.14. The Balaban J connectivity index is 2.11. The summed E-state index contributed by atoms with van der Waals surface area (Å²) in [7, 11) is 1.90. The number of likely N-dealkylation sites (tertiary alicyclic amines) is 1. The summed E-state index contributed by atoms with van der Waals surface area (Å²) in [6, 6.07) is 3.81. The minimum atomic E-state index is -0.237. The first kappa shape index (κ1) is 11.2. The number of hydrogen-bond donors (Lipinski definition) is 1. The Hall–Kier alpha value is -1.29. The van der Waals surface area contributed by atoms with Gasteiger partial charge in [0.05, 0.1) is 6.10 Å². The number of rotatable bonds is 1. The molecule has 2 rings (SSSR count). The molecule has 0 spiro atoms. The maximum atomic E-state index is 12.2. The monoisotopic (exact) mass is 222 g/mol. The van der Waals surface area contributed by atoms with Gasteiger partial charge in [0.2, 0.25) is 0 Å². The summed E-state index contributed by atoms with van der Waals surface area (Å²) in [5.41, 5.74) is 1.81. The molecule has 0 bridgehead atoms. The van der Waals surface area contributed by atoms with Gasteiger partial charge in [-0.25, -0.2) is 0 Å². The van der Waals surface area contributed by atoms with Crippen LogP contribution >= 0.6 is 0 Å². The molecule has 1 aromatic rings. The van der Waals surface area contributed by atoms with Gasteiger partial charge >= 0.3 is 0 Å². The van der Waals surface area contributed by atoms with Gasteiger partial charge in [-0.1, -0.05) is 0 Å². The van der Waals surface area contributed by atoms with Gasteiger partial charge in [-0.05, 0) is 31.9 Å². The van der Waals surface area contributed by atoms with E-state index in [1.807, 2.05) is 35.6 Å². The van der Waals surface area contributed by atoms with Crippen LogP contribution in [0.5, 0.6) is 0 Å². The summed E-state index contributed by atoms with van der Waals surface area (Å²) >= 11 is 0. The molecular weight excluding hydrogens is 204 g/mol. The van der Waals surface area contributed by atoms with Gasteiger partial charge in [0.1, 0.15) is 5.69 Å². The van der Waals surface area contributed by atoms with Crippen molar-refractivity contribution in [1.29, 1.82) is 0 Å². The van der Waals surface area contributed by atoms with E-state index in [2.05, 4.69) is 0 Å². The molecule has 4 heteroatoms. The Morgan fingerprint density at radius 1 is 1.38 bits per heavy atom. The van der Waals surface area contributed by atoms with Crippen LogP contribution in [0.15, 0.2) is 12.1 Å². The van der Waals surface area contributed by atoms with Crippen molar-refractivity contribution in [2.75, 3.05) is 13.1 Å². The third-order valence-electron chi connectivity index (χ3n) is 3.34. The Morgan fingerprint density at radius 2 is 2.00 bits per heavy atom. The van der Waals surface area contributed by atoms with E-state index in [0.29, 0.717) is 25.9 Å². The average Bonchev–Trinajstić information content (AvgIpc) is 2.60. The van der Waals surface area contributed by atoms with Crippen molar-refractivity contribution in [2.45, 2.75) is 25.9 Å². The Kier molecular flexibility index (Phi) is 3.01. The molecule has 0 radical (unpaired) electrons. The molecule has 1 N–H and O–H groups in total. The molecular formula is C12H18N2O2. The van der Waals surface area contributed by atoms with Crippen LogP contribution in [0.1, 0.15) is 29.0 Å². The Bertz CT molecular complexity index is 390. The van der Waals surface area contributed by atoms with Crippen molar-refractivity contribution < 1.29 is 9.90 Å². The number of nitrogens with zero attached hydrogens (tertiary/aromatic N) is 2. The van der Waals surface area contributed by atoms with E-state index in [0.717, 1.165) is 11.4 Å². The molecule has 0 unspecified atom stereocenters. The van der Waals surface area contributed by atoms with Crippen molar-refractivity contribution in [2.24, 2.45) is 7.05 Å². The number of aromatic nitrogens is 1. The van der Waals surface area contributed by atoms with Crippen molar-refractivity contribution in [3.63, 3.8) is 0 Å². The van der Waals surface area contributed by atoms with Gasteiger partial charge in [-0.3, -0.25) is 4.79 Å². The predicted octanol–water partition coefficient (Wildman–Crippen LogP) is 0.930. The lowest BCUT2D eigenvalue weighted by atomic mass is 10.1. The molecule has 1 aliphatic rings. The van der Waals surface area contributed by atoms with Crippen LogP contribution in [0.25, 0.3) is 0 Å². The zero-order chi connectivity index (χ0) is 11.7. The summed E-state index contributed by atoms with van der Waals surface area (Å²) in [5.74, 6) is 0.0718. The lowest BCUT2D eigenvalue weighted by molar-refractivity contribution is 0.0538. The number of aliphatic hydroxyl groups excluding tert-OH is 1. The van der Waals surface area contributed by atoms with Gasteiger partial charge < -0.3 is 14.6 Å². The lowest BCUT2D eigenvalue weighted by Crippen LogP contribution is -2.40. The van der Waals surface area contributed by atoms with Gasteiger partial charge in [-0.15, -0.1) is 0 Å². The SMILES string of the molecule is Cc1ccc(C(=O)N2CCC(O)CC2)n1C. The minimum absolute atomic E-state index is 0.0718. The second kappa shape index (κ2) is 4.29. The molecule has 1 saturated heterocycles. The third kappa shape index (κ3) is 1.97. The van der Waals surface area contributed by atoms with Crippen LogP contribution in [0.3, 0.4) is 0 Å². The van der Waals surface area contributed by atoms with Gasteiger partial charge in [0, 0.05) is 25.8 Å². The number of aliphatic hydroxyl groups is 1. The van der Waals surface area contributed by atoms with Crippen molar-refractivity contribution >= 4 is 5.91 Å². The van der Waals surface area contributed by atoms with Gasteiger partial charge in [0.15, 0.2) is 0 Å². The van der Waals surface area contributed by atoms with E-state index in [9.17, 15) is 9.90 Å². The molecule has 0 aromatic carbocycles. The van der Waals surface area contributed by atoms with Crippen LogP contribution in [-0.2, 0) is 7.05 Å². The number of piperidine rings is 1. The number of hydrogen-bond acceptors (Lipinski definition) is 2. The highest BCUT2D eigenvalue weighted by atomic mass is 16.3. The van der Waals surface area contributed by atoms with Crippen molar-refractivity contribution in [1.82, 2.24) is 9.47 Å². The first-order valence-corrected chi connectivity index (χ1v) is 5.69. The number of amides is 1. The highest BCUT2D eigenvalue weighted by molar-refractivity contribution is 5.93. The number of carbonyl (C=O) groups is 1. The maximum absolute atomic E-state index is 12.2. The summed E-state index contributed by atoms with van der Waals surface area (Å²) < 4.78 is 1.91. The van der Waals surface area contributed by atoms with E-state index >= 15 is 0 Å². The molecule has 4 nitrogen and oxygen atoms in total. The first-order chi connectivity index (χ1) is 7.59. The molecule has 1 aliphatic heterocycles. The average molecular weight is 222 g/mol. The molecule has 2 heterocycles. The zero-order valence-electron chi connectivity index (χ0n) is 9.81. The van der Waals surface area contributed by atoms with E-state index in [-0.39, 0.29) is 12.0 Å². The highest BCUT2D eigenvalue weighted by Crippen LogP contribution is 2.15. The fourth-order valence-corrected chi connectivity index (χ4v) is 2.06. The predicted molar refractivity (Wildman–Crippen MR) is 61.3 cm³/mol. The summed E-state index contributed by atoms with van der Waals surface area (Å²) in [6.45, 7) is 3.30. The van der Waals surface area contributed by atoms with E-state index in [1.54, 1.807) is 0 Å². The van der Waals surface area contributed by atoms with E-state index < -0.39 is 0 Å². The highest BCUT2D eigenvalue weighted by Gasteiger charge is 2.23. The number of carbonyl (C=O) groups excluding carboxylic acids is 1. The molecule has 1 aromatic heterocycles. The van der Waals surface area contributed by atoms with Crippen molar-refractivity contribution in [3.8, 4) is 0 Å². The van der Waals surface area contributed by atoms with Crippen LogP contribution in [0.2, 0.25) is 0 Å². The van der Waals surface area contributed by atoms with Crippen molar-refractivity contribution in [3.05, 3.63) is 23.5 Å². The summed E-state index contributed by atoms with van der Waals surface area (Å²) in [5, 5.41) is 9.39. The molecule has 16 heavy (non-hydrogen) atoms. The topological polar surface area (TPSA) is 45.5 Å². The molecule has 88 valence electrons.